The quantitative estimate of drug-likeness (QED) is 0.816. The van der Waals surface area contributed by atoms with Gasteiger partial charge in [-0.15, -0.1) is 0 Å². The summed E-state index contributed by atoms with van der Waals surface area (Å²) in [6.45, 7) is 1.38. The molecular weight excluding hydrogens is 310 g/mol. The smallest absolute Gasteiger partial charge is 0.341 e. The SMILES string of the molecule is COc1ccc(C(=O)N[C@@H](C)c2ccccc2)cc1OCC(=O)O. The van der Waals surface area contributed by atoms with Crippen molar-refractivity contribution < 1.29 is 24.2 Å². The Balaban J connectivity index is 2.14. The van der Waals surface area contributed by atoms with Crippen molar-refractivity contribution in [1.29, 1.82) is 0 Å². The number of ether oxygens (including phenoxy) is 2. The van der Waals surface area contributed by atoms with Gasteiger partial charge in [-0.1, -0.05) is 30.3 Å². The van der Waals surface area contributed by atoms with Gasteiger partial charge in [-0.2, -0.15) is 0 Å². The second kappa shape index (κ2) is 8.01. The second-order valence-corrected chi connectivity index (χ2v) is 5.15. The number of amides is 1. The molecule has 6 heteroatoms. The average molecular weight is 329 g/mol. The van der Waals surface area contributed by atoms with Crippen molar-refractivity contribution in [2.45, 2.75) is 13.0 Å². The Morgan fingerprint density at radius 3 is 2.46 bits per heavy atom. The van der Waals surface area contributed by atoms with Crippen LogP contribution in [-0.2, 0) is 4.79 Å². The molecule has 2 aromatic rings. The maximum Gasteiger partial charge on any atom is 0.341 e. The molecule has 0 unspecified atom stereocenters. The monoisotopic (exact) mass is 329 g/mol. The van der Waals surface area contributed by atoms with Crippen LogP contribution in [0.4, 0.5) is 0 Å². The number of carbonyl (C=O) groups excluding carboxylic acids is 1. The van der Waals surface area contributed by atoms with Crippen LogP contribution in [0.25, 0.3) is 0 Å². The molecule has 6 nitrogen and oxygen atoms in total. The number of methoxy groups -OCH3 is 1. The fourth-order valence-corrected chi connectivity index (χ4v) is 2.18. The highest BCUT2D eigenvalue weighted by molar-refractivity contribution is 5.95. The minimum atomic E-state index is -1.11. The molecule has 2 N–H and O–H groups in total. The summed E-state index contributed by atoms with van der Waals surface area (Å²) in [6.07, 6.45) is 0. The number of benzene rings is 2. The summed E-state index contributed by atoms with van der Waals surface area (Å²) in [7, 11) is 1.44. The number of nitrogens with one attached hydrogen (secondary N) is 1. The van der Waals surface area contributed by atoms with Crippen LogP contribution in [0.1, 0.15) is 28.9 Å². The lowest BCUT2D eigenvalue weighted by Gasteiger charge is -2.15. The Kier molecular flexibility index (Phi) is 5.78. The maximum atomic E-state index is 12.4. The highest BCUT2D eigenvalue weighted by atomic mass is 16.5. The minimum absolute atomic E-state index is 0.163. The number of hydrogen-bond acceptors (Lipinski definition) is 4. The van der Waals surface area contributed by atoms with Gasteiger partial charge >= 0.3 is 5.97 Å². The molecule has 126 valence electrons. The maximum absolute atomic E-state index is 12.4. The zero-order chi connectivity index (χ0) is 17.5. The number of carboxylic acid groups (broad SMARTS) is 1. The predicted octanol–water partition coefficient (Wildman–Crippen LogP) is 2.65. The summed E-state index contributed by atoms with van der Waals surface area (Å²) in [4.78, 5) is 23.0. The molecule has 0 bridgehead atoms. The third-order valence-electron chi connectivity index (χ3n) is 3.42. The standard InChI is InChI=1S/C18H19NO5/c1-12(13-6-4-3-5-7-13)19-18(22)14-8-9-15(23-2)16(10-14)24-11-17(20)21/h3-10,12H,11H2,1-2H3,(H,19,22)(H,20,21)/t12-/m0/s1. The molecule has 0 aromatic heterocycles. The van der Waals surface area contributed by atoms with Gasteiger partial charge in [0.1, 0.15) is 0 Å². The fraction of sp³-hybridized carbons (Fsp3) is 0.222. The van der Waals surface area contributed by atoms with Crippen LogP contribution in [0.3, 0.4) is 0 Å². The van der Waals surface area contributed by atoms with Gasteiger partial charge in [-0.3, -0.25) is 4.79 Å². The Morgan fingerprint density at radius 1 is 1.12 bits per heavy atom. The normalized spacial score (nSPS) is 11.4. The van der Waals surface area contributed by atoms with Crippen molar-refractivity contribution in [2.75, 3.05) is 13.7 Å². The Hall–Kier alpha value is -3.02. The molecule has 24 heavy (non-hydrogen) atoms. The Morgan fingerprint density at radius 2 is 1.83 bits per heavy atom. The molecule has 0 aliphatic heterocycles. The van der Waals surface area contributed by atoms with Crippen molar-refractivity contribution in [1.82, 2.24) is 5.32 Å². The number of carboxylic acids is 1. The van der Waals surface area contributed by atoms with E-state index in [1.54, 1.807) is 12.1 Å². The number of hydrogen-bond donors (Lipinski definition) is 2. The lowest BCUT2D eigenvalue weighted by Crippen LogP contribution is -2.26. The van der Waals surface area contributed by atoms with E-state index >= 15 is 0 Å². The summed E-state index contributed by atoms with van der Waals surface area (Å²) in [6, 6.07) is 14.1. The molecule has 0 spiro atoms. The molecule has 0 radical (unpaired) electrons. The summed E-state index contributed by atoms with van der Waals surface area (Å²) in [5, 5.41) is 11.6. The minimum Gasteiger partial charge on any atom is -0.493 e. The van der Waals surface area contributed by atoms with Crippen LogP contribution in [0.5, 0.6) is 11.5 Å². The molecule has 1 atom stereocenters. The third kappa shape index (κ3) is 4.49. The van der Waals surface area contributed by atoms with Crippen molar-refractivity contribution in [2.24, 2.45) is 0 Å². The van der Waals surface area contributed by atoms with Crippen LogP contribution in [0.15, 0.2) is 48.5 Å². The lowest BCUT2D eigenvalue weighted by atomic mass is 10.1. The van der Waals surface area contributed by atoms with Gasteiger partial charge in [0.05, 0.1) is 13.2 Å². The van der Waals surface area contributed by atoms with E-state index < -0.39 is 12.6 Å². The first-order valence-corrected chi connectivity index (χ1v) is 7.39. The highest BCUT2D eigenvalue weighted by Gasteiger charge is 2.15. The van der Waals surface area contributed by atoms with Crippen LogP contribution < -0.4 is 14.8 Å². The summed E-state index contributed by atoms with van der Waals surface area (Å²) in [5.74, 6) is -0.817. The largest absolute Gasteiger partial charge is 0.493 e. The molecule has 0 saturated heterocycles. The van der Waals surface area contributed by atoms with Crippen molar-refractivity contribution in [3.63, 3.8) is 0 Å². The highest BCUT2D eigenvalue weighted by Crippen LogP contribution is 2.28. The van der Waals surface area contributed by atoms with Crippen LogP contribution >= 0.6 is 0 Å². The van der Waals surface area contributed by atoms with Crippen molar-refractivity contribution in [3.8, 4) is 11.5 Å². The van der Waals surface area contributed by atoms with Crippen LogP contribution in [0, 0.1) is 0 Å². The molecule has 2 rings (SSSR count). The molecule has 0 heterocycles. The number of rotatable bonds is 7. The summed E-state index contributed by atoms with van der Waals surface area (Å²) < 4.78 is 10.3. The predicted molar refractivity (Wildman–Crippen MR) is 88.4 cm³/mol. The lowest BCUT2D eigenvalue weighted by molar-refractivity contribution is -0.139. The van der Waals surface area contributed by atoms with E-state index in [0.717, 1.165) is 5.56 Å². The van der Waals surface area contributed by atoms with Gasteiger partial charge in [-0.25, -0.2) is 4.79 Å². The summed E-state index contributed by atoms with van der Waals surface area (Å²) >= 11 is 0. The first kappa shape index (κ1) is 17.3. The van der Waals surface area contributed by atoms with E-state index in [1.807, 2.05) is 37.3 Å². The topological polar surface area (TPSA) is 84.9 Å². The fourth-order valence-electron chi connectivity index (χ4n) is 2.18. The average Bonchev–Trinajstić information content (AvgIpc) is 2.60. The van der Waals surface area contributed by atoms with Crippen molar-refractivity contribution in [3.05, 3.63) is 59.7 Å². The second-order valence-electron chi connectivity index (χ2n) is 5.15. The zero-order valence-corrected chi connectivity index (χ0v) is 13.5. The van der Waals surface area contributed by atoms with E-state index in [-0.39, 0.29) is 17.7 Å². The first-order valence-electron chi connectivity index (χ1n) is 7.39. The molecular formula is C18H19NO5. The van der Waals surface area contributed by atoms with Gasteiger partial charge in [0.25, 0.3) is 5.91 Å². The van der Waals surface area contributed by atoms with Gasteiger partial charge < -0.3 is 19.9 Å². The Labute approximate surface area is 140 Å². The van der Waals surface area contributed by atoms with Crippen LogP contribution in [0.2, 0.25) is 0 Å². The molecule has 1 amide bonds. The van der Waals surface area contributed by atoms with Gasteiger partial charge in [-0.05, 0) is 30.7 Å². The summed E-state index contributed by atoms with van der Waals surface area (Å²) in [5.41, 5.74) is 1.35. The van der Waals surface area contributed by atoms with Gasteiger partial charge in [0.15, 0.2) is 18.1 Å². The van der Waals surface area contributed by atoms with Crippen molar-refractivity contribution >= 4 is 11.9 Å². The van der Waals surface area contributed by atoms with E-state index in [0.29, 0.717) is 11.3 Å². The van der Waals surface area contributed by atoms with Crippen LogP contribution in [-0.4, -0.2) is 30.7 Å². The molecule has 0 saturated carbocycles. The van der Waals surface area contributed by atoms with E-state index in [2.05, 4.69) is 5.32 Å². The molecule has 0 aliphatic rings. The van der Waals surface area contributed by atoms with E-state index in [9.17, 15) is 9.59 Å². The zero-order valence-electron chi connectivity index (χ0n) is 13.5. The Bertz CT molecular complexity index is 715. The number of aliphatic carboxylic acids is 1. The third-order valence-corrected chi connectivity index (χ3v) is 3.42. The van der Waals surface area contributed by atoms with Gasteiger partial charge in [0, 0.05) is 5.56 Å². The van der Waals surface area contributed by atoms with E-state index in [1.165, 1.54) is 13.2 Å². The molecule has 0 fully saturated rings. The molecule has 0 aliphatic carbocycles. The van der Waals surface area contributed by atoms with Gasteiger partial charge in [0.2, 0.25) is 0 Å². The first-order chi connectivity index (χ1) is 11.5. The van der Waals surface area contributed by atoms with E-state index in [4.69, 9.17) is 14.6 Å². The number of carbonyl (C=O) groups is 2. The molecule has 2 aromatic carbocycles.